The van der Waals surface area contributed by atoms with Crippen molar-refractivity contribution in [2.45, 2.75) is 0 Å². The van der Waals surface area contributed by atoms with Gasteiger partial charge in [0.2, 0.25) is 0 Å². The van der Waals surface area contributed by atoms with Crippen LogP contribution in [0.5, 0.6) is 0 Å². The van der Waals surface area contributed by atoms with Gasteiger partial charge < -0.3 is 9.32 Å². The van der Waals surface area contributed by atoms with E-state index >= 15 is 0 Å². The summed E-state index contributed by atoms with van der Waals surface area (Å²) in [5.41, 5.74) is 5.66. The molecule has 0 saturated carbocycles. The van der Waals surface area contributed by atoms with Crippen molar-refractivity contribution in [1.29, 1.82) is 0 Å². The molecule has 254 valence electrons. The number of rotatable bonds is 7. The van der Waals surface area contributed by atoms with Gasteiger partial charge in [-0.05, 0) is 86.7 Å². The molecule has 0 radical (unpaired) electrons. The third kappa shape index (κ3) is 5.62. The van der Waals surface area contributed by atoms with Crippen LogP contribution in [-0.4, -0.2) is 0 Å². The predicted octanol–water partition coefficient (Wildman–Crippen LogP) is 14.9. The van der Waals surface area contributed by atoms with Gasteiger partial charge in [-0.1, -0.05) is 170 Å². The van der Waals surface area contributed by atoms with Crippen LogP contribution in [0.3, 0.4) is 0 Å². The summed E-state index contributed by atoms with van der Waals surface area (Å²) in [4.78, 5) is 1.38. The highest BCUT2D eigenvalue weighted by Crippen LogP contribution is 2.45. The molecule has 0 unspecified atom stereocenters. The second-order valence-electron chi connectivity index (χ2n) is 13.1. The second-order valence-corrected chi connectivity index (χ2v) is 13.1. The Bertz CT molecular complexity index is 3330. The Morgan fingerprint density at radius 1 is 0.370 bits per heavy atom. The largest absolute Gasteiger partial charge is 0.455 e. The molecule has 1 aromatic heterocycles. The fraction of sp³-hybridized carbons (Fsp3) is 0. The van der Waals surface area contributed by atoms with Gasteiger partial charge >= 0.3 is 0 Å². The van der Waals surface area contributed by atoms with Crippen molar-refractivity contribution in [3.05, 3.63) is 212 Å². The zero-order valence-corrected chi connectivity index (χ0v) is 28.9. The topological polar surface area (TPSA) is 16.4 Å². The molecule has 0 spiro atoms. The molecule has 0 fully saturated rings. The average Bonchev–Trinajstić information content (AvgIpc) is 3.70. The minimum absolute atomic E-state index is 0.0944. The fourth-order valence-corrected chi connectivity index (χ4v) is 7.21. The third-order valence-corrected chi connectivity index (χ3v) is 9.84. The quantitative estimate of drug-likeness (QED) is 0.165. The van der Waals surface area contributed by atoms with E-state index in [1.54, 1.807) is 48.5 Å². The molecule has 54 heavy (non-hydrogen) atoms. The molecular formula is C52H35NO. The van der Waals surface area contributed by atoms with E-state index in [1.165, 1.54) is 4.90 Å². The summed E-state index contributed by atoms with van der Waals surface area (Å²) in [6.45, 7) is 0. The van der Waals surface area contributed by atoms with E-state index in [0.29, 0.717) is 33.5 Å². The molecule has 0 amide bonds. The highest BCUT2D eigenvalue weighted by Gasteiger charge is 2.21. The Labute approximate surface area is 326 Å². The van der Waals surface area contributed by atoms with Gasteiger partial charge in [-0.25, -0.2) is 0 Å². The Morgan fingerprint density at radius 2 is 0.889 bits per heavy atom. The maximum Gasteiger partial charge on any atom is 0.143 e. The first-order valence-electron chi connectivity index (χ1n) is 21.8. The smallest absolute Gasteiger partial charge is 0.143 e. The summed E-state index contributed by atoms with van der Waals surface area (Å²) in [6.07, 6.45) is 0. The lowest BCUT2D eigenvalue weighted by atomic mass is 9.94. The molecule has 2 heteroatoms. The molecule has 9 aromatic carbocycles. The van der Waals surface area contributed by atoms with Crippen LogP contribution in [0.4, 0.5) is 17.1 Å². The van der Waals surface area contributed by atoms with Crippen molar-refractivity contribution in [2.75, 3.05) is 4.90 Å². The van der Waals surface area contributed by atoms with Crippen molar-refractivity contribution in [3.63, 3.8) is 0 Å². The third-order valence-electron chi connectivity index (χ3n) is 9.84. The van der Waals surface area contributed by atoms with Crippen LogP contribution >= 0.6 is 0 Å². The summed E-state index contributed by atoms with van der Waals surface area (Å²) in [5.74, 6) is 0. The Morgan fingerprint density at radius 3 is 1.56 bits per heavy atom. The van der Waals surface area contributed by atoms with Gasteiger partial charge in [0, 0.05) is 33.1 Å². The van der Waals surface area contributed by atoms with E-state index in [-0.39, 0.29) is 46.7 Å². The summed E-state index contributed by atoms with van der Waals surface area (Å²) >= 11 is 0. The summed E-state index contributed by atoms with van der Waals surface area (Å²) in [5, 5.41) is 3.55. The highest BCUT2D eigenvalue weighted by atomic mass is 16.3. The van der Waals surface area contributed by atoms with Crippen molar-refractivity contribution >= 4 is 49.8 Å². The van der Waals surface area contributed by atoms with Crippen molar-refractivity contribution in [1.82, 2.24) is 0 Å². The fourth-order valence-electron chi connectivity index (χ4n) is 7.21. The molecule has 10 aromatic rings. The average molecular weight is 698 g/mol. The number of furan rings is 1. The van der Waals surface area contributed by atoms with E-state index in [4.69, 9.17) is 4.42 Å². The Kier molecular flexibility index (Phi) is 6.01. The maximum absolute atomic E-state index is 9.67. The van der Waals surface area contributed by atoms with E-state index in [0.717, 1.165) is 38.3 Å². The lowest BCUT2D eigenvalue weighted by Crippen LogP contribution is -2.11. The molecule has 0 aliphatic heterocycles. The van der Waals surface area contributed by atoms with Crippen LogP contribution in [0, 0.1) is 0 Å². The van der Waals surface area contributed by atoms with Crippen molar-refractivity contribution in [3.8, 4) is 44.5 Å². The van der Waals surface area contributed by atoms with Crippen molar-refractivity contribution < 1.29 is 15.4 Å². The van der Waals surface area contributed by atoms with Crippen LogP contribution in [0.15, 0.2) is 217 Å². The molecule has 0 N–H and O–H groups in total. The number of nitrogens with zero attached hydrogens (tertiary/aromatic N) is 1. The second kappa shape index (κ2) is 13.4. The molecule has 0 atom stereocenters. The Balaban J connectivity index is 1.26. The van der Waals surface area contributed by atoms with Gasteiger partial charge in [-0.2, -0.15) is 0 Å². The first-order chi connectivity index (χ1) is 30.1. The van der Waals surface area contributed by atoms with E-state index in [1.807, 2.05) is 115 Å². The molecular weight excluding hydrogens is 655 g/mol. The predicted molar refractivity (Wildman–Crippen MR) is 228 cm³/mol. The van der Waals surface area contributed by atoms with Gasteiger partial charge in [0.1, 0.15) is 11.2 Å². The number of benzene rings is 9. The number of para-hydroxylation sites is 2. The molecule has 0 saturated heterocycles. The summed E-state index contributed by atoms with van der Waals surface area (Å²) in [7, 11) is 0. The van der Waals surface area contributed by atoms with Crippen LogP contribution in [0.25, 0.3) is 77.2 Å². The van der Waals surface area contributed by atoms with E-state index in [9.17, 15) is 11.0 Å². The first-order valence-corrected chi connectivity index (χ1v) is 17.8. The van der Waals surface area contributed by atoms with Gasteiger partial charge in [0.05, 0.1) is 16.7 Å². The molecule has 10 rings (SSSR count). The number of anilines is 3. The Hall–Kier alpha value is -7.16. The lowest BCUT2D eigenvalue weighted by Gasteiger charge is -2.28. The van der Waals surface area contributed by atoms with Crippen LogP contribution in [-0.2, 0) is 0 Å². The summed E-state index contributed by atoms with van der Waals surface area (Å²) < 4.78 is 82.6. The van der Waals surface area contributed by atoms with Crippen LogP contribution in [0.1, 0.15) is 11.0 Å². The molecule has 0 aliphatic carbocycles. The molecule has 2 nitrogen and oxygen atoms in total. The van der Waals surface area contributed by atoms with Gasteiger partial charge in [0.15, 0.2) is 0 Å². The normalized spacial score (nSPS) is 13.4. The summed E-state index contributed by atoms with van der Waals surface area (Å²) in [6, 6.07) is 48.0. The SMILES string of the molecule is [2H]c1c([2H])c(N(c2ccccc2-c2cccc3ccc4c5ccccc5oc4c23)c2c([2H])c([2H])c(-c3ccc(-c4ccccc4)cc3)c([2H])c2[2H])c([2H])c([2H])c1-c1ccccc1. The molecule has 0 aliphatic rings. The highest BCUT2D eigenvalue weighted by molar-refractivity contribution is 6.19. The molecule has 1 heterocycles. The minimum Gasteiger partial charge on any atom is -0.455 e. The van der Waals surface area contributed by atoms with E-state index < -0.39 is 24.2 Å². The zero-order valence-electron chi connectivity index (χ0n) is 36.9. The zero-order chi connectivity index (χ0) is 42.8. The first kappa shape index (κ1) is 24.2. The monoisotopic (exact) mass is 697 g/mol. The van der Waals surface area contributed by atoms with Crippen LogP contribution < -0.4 is 4.90 Å². The number of hydrogen-bond donors (Lipinski definition) is 0. The van der Waals surface area contributed by atoms with Crippen LogP contribution in [0.2, 0.25) is 0 Å². The van der Waals surface area contributed by atoms with E-state index in [2.05, 4.69) is 0 Å². The number of hydrogen-bond acceptors (Lipinski definition) is 2. The standard InChI is InChI=1S/C52H35NO/c1-3-12-36(13-4-1)38-22-24-39(25-23-38)41-28-33-44(34-29-41)53(43-31-26-40(27-32-43)37-14-5-2-6-15-37)49-20-9-7-17-45(49)47-19-11-16-42-30-35-48-46-18-8-10-21-50(46)54-52(48)51(42)47/h1-35H/i26D,27D,28D,29D,31D,32D,33D,34D. The van der Waals surface area contributed by atoms with Gasteiger partial charge in [0.25, 0.3) is 0 Å². The number of fused-ring (bicyclic) bond motifs is 5. The maximum atomic E-state index is 9.67. The van der Waals surface area contributed by atoms with Crippen molar-refractivity contribution in [2.24, 2.45) is 0 Å². The molecule has 0 bridgehead atoms. The minimum atomic E-state index is -0.412. The lowest BCUT2D eigenvalue weighted by molar-refractivity contribution is 0.673. The van der Waals surface area contributed by atoms with Gasteiger partial charge in [-0.3, -0.25) is 0 Å². The van der Waals surface area contributed by atoms with Gasteiger partial charge in [-0.15, -0.1) is 0 Å².